The summed E-state index contributed by atoms with van der Waals surface area (Å²) in [6.45, 7) is 4.71. The van der Waals surface area contributed by atoms with Crippen molar-refractivity contribution in [2.45, 2.75) is 24.7 Å². The maximum Gasteiger partial charge on any atom is 0.0714 e. The van der Waals surface area contributed by atoms with Crippen LogP contribution in [0, 0.1) is 0 Å². The van der Waals surface area contributed by atoms with Gasteiger partial charge in [0.15, 0.2) is 0 Å². The van der Waals surface area contributed by atoms with Crippen LogP contribution >= 0.6 is 15.9 Å². The van der Waals surface area contributed by atoms with E-state index in [0.29, 0.717) is 0 Å². The molecule has 0 N–H and O–H groups in total. The summed E-state index contributed by atoms with van der Waals surface area (Å²) in [6.07, 6.45) is 0. The second kappa shape index (κ2) is 12.6. The highest BCUT2D eigenvalue weighted by Gasteiger charge is 2.46. The number of anilines is 3. The van der Waals surface area contributed by atoms with Crippen LogP contribution in [0.1, 0.15) is 47.2 Å². The molecule has 2 aliphatic carbocycles. The Bertz CT molecular complexity index is 2640. The number of benzene rings is 8. The molecule has 0 spiro atoms. The Labute approximate surface area is 326 Å². The highest BCUT2D eigenvalue weighted by molar-refractivity contribution is 9.10. The number of halogens is 1. The van der Waals surface area contributed by atoms with Crippen LogP contribution < -0.4 is 4.90 Å². The summed E-state index contributed by atoms with van der Waals surface area (Å²) in [7, 11) is 0. The maximum absolute atomic E-state index is 3.75. The molecule has 258 valence electrons. The minimum Gasteiger partial charge on any atom is -0.310 e. The smallest absolute Gasteiger partial charge is 0.0714 e. The zero-order valence-electron chi connectivity index (χ0n) is 30.3. The van der Waals surface area contributed by atoms with Gasteiger partial charge in [0.25, 0.3) is 0 Å². The molecule has 8 aromatic rings. The summed E-state index contributed by atoms with van der Waals surface area (Å²) in [5.41, 5.74) is 18.2. The minimum absolute atomic E-state index is 0.150. The van der Waals surface area contributed by atoms with E-state index in [1.54, 1.807) is 0 Å². The SMILES string of the molecule is CC1(C)c2cc(Br)ccc2-c2ccc(N(c3ccc(-c4ccccc4)cc3)c3ccc4c(c3)C(c3ccccc3)(c3ccccc3)c3ccccc3-4)cc21. The average Bonchev–Trinajstić information content (AvgIpc) is 3.64. The minimum atomic E-state index is -0.484. The van der Waals surface area contributed by atoms with Gasteiger partial charge in [-0.1, -0.05) is 175 Å². The van der Waals surface area contributed by atoms with E-state index in [0.717, 1.165) is 21.5 Å². The fourth-order valence-electron chi connectivity index (χ4n) is 9.29. The standard InChI is InChI=1S/C52H38BrN/c1-51(2)48-32-39(53)24-29-44(48)45-30-27-41(33-49(45)51)54(40-25-22-36(23-26-40)35-14-6-3-7-15-35)42-28-31-46-43-20-12-13-21-47(43)52(50(46)34-42,37-16-8-4-9-17-37)38-18-10-5-11-19-38/h3-34H,1-2H3. The molecular formula is C52H38BrN. The summed E-state index contributed by atoms with van der Waals surface area (Å²) in [4.78, 5) is 2.45. The van der Waals surface area contributed by atoms with Crippen molar-refractivity contribution in [2.24, 2.45) is 0 Å². The van der Waals surface area contributed by atoms with E-state index in [1.165, 1.54) is 66.8 Å². The van der Waals surface area contributed by atoms with Crippen molar-refractivity contribution in [2.75, 3.05) is 4.90 Å². The van der Waals surface area contributed by atoms with E-state index < -0.39 is 5.41 Å². The number of hydrogen-bond donors (Lipinski definition) is 0. The fourth-order valence-corrected chi connectivity index (χ4v) is 9.65. The Morgan fingerprint density at radius 1 is 0.370 bits per heavy atom. The van der Waals surface area contributed by atoms with Crippen molar-refractivity contribution in [1.29, 1.82) is 0 Å². The first-order valence-corrected chi connectivity index (χ1v) is 19.5. The van der Waals surface area contributed by atoms with E-state index in [-0.39, 0.29) is 5.41 Å². The first kappa shape index (κ1) is 32.7. The van der Waals surface area contributed by atoms with Crippen LogP contribution in [-0.4, -0.2) is 0 Å². The number of nitrogens with zero attached hydrogens (tertiary/aromatic N) is 1. The molecule has 8 aromatic carbocycles. The molecule has 2 heteroatoms. The summed E-state index contributed by atoms with van der Waals surface area (Å²) in [5, 5.41) is 0. The Kier molecular flexibility index (Phi) is 7.61. The molecule has 0 atom stereocenters. The predicted molar refractivity (Wildman–Crippen MR) is 229 cm³/mol. The molecule has 0 aromatic heterocycles. The zero-order valence-corrected chi connectivity index (χ0v) is 31.9. The van der Waals surface area contributed by atoms with Crippen molar-refractivity contribution in [3.05, 3.63) is 232 Å². The van der Waals surface area contributed by atoms with Gasteiger partial charge in [-0.05, 0) is 115 Å². The largest absolute Gasteiger partial charge is 0.310 e. The van der Waals surface area contributed by atoms with Gasteiger partial charge in [-0.3, -0.25) is 0 Å². The average molecular weight is 757 g/mol. The normalized spacial score (nSPS) is 14.1. The van der Waals surface area contributed by atoms with E-state index in [1.807, 2.05) is 0 Å². The van der Waals surface area contributed by atoms with Crippen LogP contribution in [0.4, 0.5) is 17.1 Å². The Morgan fingerprint density at radius 3 is 1.44 bits per heavy atom. The van der Waals surface area contributed by atoms with Gasteiger partial charge in [-0.2, -0.15) is 0 Å². The fraction of sp³-hybridized carbons (Fsp3) is 0.0769. The third-order valence-electron chi connectivity index (χ3n) is 11.8. The first-order chi connectivity index (χ1) is 26.4. The third kappa shape index (κ3) is 4.90. The first-order valence-electron chi connectivity index (χ1n) is 18.7. The molecule has 10 rings (SSSR count). The third-order valence-corrected chi connectivity index (χ3v) is 12.3. The van der Waals surface area contributed by atoms with Gasteiger partial charge in [0.1, 0.15) is 0 Å². The lowest BCUT2D eigenvalue weighted by atomic mass is 9.67. The Hall–Kier alpha value is -5.96. The van der Waals surface area contributed by atoms with Gasteiger partial charge in [-0.15, -0.1) is 0 Å². The monoisotopic (exact) mass is 755 g/mol. The molecule has 0 fully saturated rings. The molecule has 0 saturated carbocycles. The van der Waals surface area contributed by atoms with Gasteiger partial charge in [0, 0.05) is 26.9 Å². The molecule has 0 aliphatic heterocycles. The molecule has 0 radical (unpaired) electrons. The van der Waals surface area contributed by atoms with Crippen LogP contribution in [0.3, 0.4) is 0 Å². The van der Waals surface area contributed by atoms with Crippen molar-refractivity contribution in [3.63, 3.8) is 0 Å². The summed E-state index contributed by atoms with van der Waals surface area (Å²) >= 11 is 3.75. The second-order valence-corrected chi connectivity index (χ2v) is 16.0. The number of fused-ring (bicyclic) bond motifs is 6. The van der Waals surface area contributed by atoms with Gasteiger partial charge >= 0.3 is 0 Å². The molecule has 0 heterocycles. The molecule has 0 bridgehead atoms. The zero-order chi connectivity index (χ0) is 36.4. The topological polar surface area (TPSA) is 3.24 Å². The van der Waals surface area contributed by atoms with E-state index in [9.17, 15) is 0 Å². The predicted octanol–water partition coefficient (Wildman–Crippen LogP) is 14.3. The molecule has 0 amide bonds. The van der Waals surface area contributed by atoms with Crippen LogP contribution in [0.5, 0.6) is 0 Å². The van der Waals surface area contributed by atoms with Crippen LogP contribution in [0.25, 0.3) is 33.4 Å². The molecular weight excluding hydrogens is 718 g/mol. The Balaban J connectivity index is 1.21. The lowest BCUT2D eigenvalue weighted by Gasteiger charge is -2.35. The quantitative estimate of drug-likeness (QED) is 0.163. The van der Waals surface area contributed by atoms with E-state index in [2.05, 4.69) is 229 Å². The van der Waals surface area contributed by atoms with Gasteiger partial charge in [0.2, 0.25) is 0 Å². The van der Waals surface area contributed by atoms with Gasteiger partial charge in [0.05, 0.1) is 5.41 Å². The van der Waals surface area contributed by atoms with Gasteiger partial charge < -0.3 is 4.90 Å². The van der Waals surface area contributed by atoms with Crippen molar-refractivity contribution < 1.29 is 0 Å². The molecule has 1 nitrogen and oxygen atoms in total. The highest BCUT2D eigenvalue weighted by atomic mass is 79.9. The molecule has 54 heavy (non-hydrogen) atoms. The van der Waals surface area contributed by atoms with Gasteiger partial charge in [-0.25, -0.2) is 0 Å². The molecule has 0 saturated heterocycles. The van der Waals surface area contributed by atoms with Crippen LogP contribution in [0.15, 0.2) is 199 Å². The second-order valence-electron chi connectivity index (χ2n) is 15.1. The number of rotatable bonds is 6. The highest BCUT2D eigenvalue weighted by Crippen LogP contribution is 2.58. The van der Waals surface area contributed by atoms with Crippen LogP contribution in [0.2, 0.25) is 0 Å². The lowest BCUT2D eigenvalue weighted by molar-refractivity contribution is 0.660. The summed E-state index contributed by atoms with van der Waals surface area (Å²) in [5.74, 6) is 0. The van der Waals surface area contributed by atoms with Crippen molar-refractivity contribution >= 4 is 33.0 Å². The number of hydrogen-bond acceptors (Lipinski definition) is 1. The molecule has 0 unspecified atom stereocenters. The van der Waals surface area contributed by atoms with E-state index in [4.69, 9.17) is 0 Å². The lowest BCUT2D eigenvalue weighted by Crippen LogP contribution is -2.28. The maximum atomic E-state index is 3.75. The Morgan fingerprint density at radius 2 is 0.815 bits per heavy atom. The summed E-state index contributed by atoms with van der Waals surface area (Å²) < 4.78 is 1.11. The molecule has 2 aliphatic rings. The van der Waals surface area contributed by atoms with Crippen LogP contribution in [-0.2, 0) is 10.8 Å². The van der Waals surface area contributed by atoms with E-state index >= 15 is 0 Å². The van der Waals surface area contributed by atoms with Crippen molar-refractivity contribution in [1.82, 2.24) is 0 Å². The van der Waals surface area contributed by atoms with Crippen molar-refractivity contribution in [3.8, 4) is 33.4 Å². The summed E-state index contributed by atoms with van der Waals surface area (Å²) in [6, 6.07) is 71.7.